The molecular formula is C27H34N2O12S2. The van der Waals surface area contributed by atoms with Crippen molar-refractivity contribution in [1.82, 2.24) is 10.6 Å². The summed E-state index contributed by atoms with van der Waals surface area (Å²) in [6.45, 7) is 1.75. The van der Waals surface area contributed by atoms with Gasteiger partial charge in [0.25, 0.3) is 0 Å². The van der Waals surface area contributed by atoms with E-state index in [4.69, 9.17) is 4.74 Å². The zero-order valence-electron chi connectivity index (χ0n) is 23.3. The van der Waals surface area contributed by atoms with Crippen molar-refractivity contribution < 1.29 is 58.4 Å². The highest BCUT2D eigenvalue weighted by Crippen LogP contribution is 2.22. The van der Waals surface area contributed by atoms with Gasteiger partial charge < -0.3 is 35.5 Å². The summed E-state index contributed by atoms with van der Waals surface area (Å²) >= 11 is 0. The molecule has 1 rings (SSSR count). The van der Waals surface area contributed by atoms with Crippen LogP contribution in [0.3, 0.4) is 0 Å². The fraction of sp³-hybridized carbons (Fsp3) is 0.481. The second kappa shape index (κ2) is 20.1. The van der Waals surface area contributed by atoms with Crippen LogP contribution < -0.4 is 10.6 Å². The van der Waals surface area contributed by atoms with E-state index in [1.165, 1.54) is 10.8 Å². The summed E-state index contributed by atoms with van der Waals surface area (Å²) in [6, 6.07) is 3.44. The number of benzene rings is 1. The zero-order chi connectivity index (χ0) is 32.4. The van der Waals surface area contributed by atoms with Crippen molar-refractivity contribution in [3.8, 4) is 0 Å². The molecule has 43 heavy (non-hydrogen) atoms. The van der Waals surface area contributed by atoms with Crippen LogP contribution in [0.15, 0.2) is 24.3 Å². The van der Waals surface area contributed by atoms with Crippen molar-refractivity contribution in [2.24, 2.45) is 5.92 Å². The molecule has 0 heterocycles. The summed E-state index contributed by atoms with van der Waals surface area (Å²) in [6.07, 6.45) is -1.55. The third-order valence-corrected chi connectivity index (χ3v) is 8.08. The van der Waals surface area contributed by atoms with Gasteiger partial charge in [0, 0.05) is 30.8 Å². The molecule has 0 aliphatic rings. The van der Waals surface area contributed by atoms with Gasteiger partial charge in [-0.05, 0) is 11.1 Å². The van der Waals surface area contributed by atoms with Crippen LogP contribution in [-0.4, -0.2) is 93.3 Å². The Labute approximate surface area is 255 Å². The number of rotatable bonds is 22. The lowest BCUT2D eigenvalue weighted by molar-refractivity contribution is -0.145. The van der Waals surface area contributed by atoms with Gasteiger partial charge in [-0.25, -0.2) is 4.79 Å². The van der Waals surface area contributed by atoms with Gasteiger partial charge in [-0.15, -0.1) is 0 Å². The lowest BCUT2D eigenvalue weighted by Crippen LogP contribution is -2.48. The van der Waals surface area contributed by atoms with Gasteiger partial charge in [0.05, 0.1) is 31.2 Å². The Morgan fingerprint density at radius 1 is 0.860 bits per heavy atom. The number of hydrogen-bond acceptors (Lipinski definition) is 11. The monoisotopic (exact) mass is 642 g/mol. The Balaban J connectivity index is 2.85. The van der Waals surface area contributed by atoms with Gasteiger partial charge in [-0.2, -0.15) is 0 Å². The number of carbonyl (C=O) groups is 8. The summed E-state index contributed by atoms with van der Waals surface area (Å²) in [4.78, 5) is 94.7. The third-order valence-electron chi connectivity index (χ3n) is 5.70. The number of amides is 2. The second-order valence-corrected chi connectivity index (χ2v) is 11.8. The van der Waals surface area contributed by atoms with E-state index in [1.54, 1.807) is 31.2 Å². The highest BCUT2D eigenvalue weighted by atomic mass is 33.1. The molecule has 0 saturated carbocycles. The molecule has 1 aromatic rings. The molecule has 3 atom stereocenters. The third kappa shape index (κ3) is 15.8. The van der Waals surface area contributed by atoms with E-state index >= 15 is 0 Å². The first-order valence-electron chi connectivity index (χ1n) is 13.1. The lowest BCUT2D eigenvalue weighted by Gasteiger charge is -2.21. The second-order valence-electron chi connectivity index (χ2n) is 9.13. The van der Waals surface area contributed by atoms with Gasteiger partial charge in [-0.3, -0.25) is 28.8 Å². The summed E-state index contributed by atoms with van der Waals surface area (Å²) in [5.74, 6) is -8.66. The van der Waals surface area contributed by atoms with Crippen LogP contribution in [0.4, 0.5) is 0 Å². The summed E-state index contributed by atoms with van der Waals surface area (Å²) in [7, 11) is 2.26. The molecule has 0 saturated heterocycles. The Hall–Kier alpha value is -3.92. The molecule has 236 valence electrons. The maximum atomic E-state index is 13.0. The number of ketones is 1. The number of carboxylic acids is 3. The molecule has 0 aliphatic heterocycles. The molecule has 0 spiro atoms. The number of carbonyl (C=O) groups excluding carboxylic acids is 5. The van der Waals surface area contributed by atoms with Crippen molar-refractivity contribution in [2.45, 2.75) is 57.5 Å². The number of aldehydes is 1. The summed E-state index contributed by atoms with van der Waals surface area (Å²) < 4.78 is 4.90. The maximum Gasteiger partial charge on any atom is 0.327 e. The van der Waals surface area contributed by atoms with E-state index in [0.717, 1.165) is 22.6 Å². The van der Waals surface area contributed by atoms with E-state index in [1.807, 2.05) is 0 Å². The van der Waals surface area contributed by atoms with Gasteiger partial charge in [0.15, 0.2) is 5.78 Å². The van der Waals surface area contributed by atoms with E-state index in [0.29, 0.717) is 11.3 Å². The number of esters is 1. The predicted octanol–water partition coefficient (Wildman–Crippen LogP) is 0.884. The standard InChI is InChI=1S/C27H34N2O12S2/c1-2-25(37)41-9-10-42-43-15-20(27(39)40)29-26(38)18(13-23(33)34)12-21(31)19(14-24(35)36)28-22(32)11-17-5-3-16(4-6-17)7-8-30/h3-6,8,18-20H,2,7,9-15H2,1H3,(H,28,32)(H,29,38)(H,33,34)(H,35,36)(H,39,40)/t18-,19-,20-/m0/s1. The predicted molar refractivity (Wildman–Crippen MR) is 155 cm³/mol. The Kier molecular flexibility index (Phi) is 17.3. The zero-order valence-corrected chi connectivity index (χ0v) is 24.9. The first kappa shape index (κ1) is 37.1. The number of aliphatic carboxylic acids is 3. The topological polar surface area (TPSA) is 231 Å². The molecular weight excluding hydrogens is 608 g/mol. The molecule has 1 aromatic carbocycles. The van der Waals surface area contributed by atoms with Crippen LogP contribution in [0, 0.1) is 5.92 Å². The number of nitrogens with one attached hydrogen (secondary N) is 2. The molecule has 14 nitrogen and oxygen atoms in total. The molecule has 0 unspecified atom stereocenters. The van der Waals surface area contributed by atoms with E-state index in [2.05, 4.69) is 10.6 Å². The molecule has 0 aromatic heterocycles. The van der Waals surface area contributed by atoms with Crippen LogP contribution in [-0.2, 0) is 55.9 Å². The minimum Gasteiger partial charge on any atom is -0.481 e. The fourth-order valence-electron chi connectivity index (χ4n) is 3.52. The van der Waals surface area contributed by atoms with Crippen LogP contribution >= 0.6 is 21.6 Å². The average Bonchev–Trinajstić information content (AvgIpc) is 2.93. The highest BCUT2D eigenvalue weighted by molar-refractivity contribution is 8.76. The molecule has 2 amide bonds. The van der Waals surface area contributed by atoms with Gasteiger partial charge >= 0.3 is 23.9 Å². The summed E-state index contributed by atoms with van der Waals surface area (Å²) in [5.41, 5.74) is 1.24. The average molecular weight is 643 g/mol. The number of ether oxygens (including phenoxy) is 1. The minimum absolute atomic E-state index is 0.110. The minimum atomic E-state index is -1.58. The number of hydrogen-bond donors (Lipinski definition) is 5. The Morgan fingerprint density at radius 3 is 2.05 bits per heavy atom. The van der Waals surface area contributed by atoms with Crippen molar-refractivity contribution in [1.29, 1.82) is 0 Å². The molecule has 16 heteroatoms. The van der Waals surface area contributed by atoms with Crippen LogP contribution in [0.25, 0.3) is 0 Å². The van der Waals surface area contributed by atoms with Gasteiger partial charge in [-0.1, -0.05) is 52.8 Å². The van der Waals surface area contributed by atoms with Crippen LogP contribution in [0.1, 0.15) is 43.7 Å². The van der Waals surface area contributed by atoms with Crippen molar-refractivity contribution in [2.75, 3.05) is 18.1 Å². The number of carboxylic acid groups (broad SMARTS) is 3. The van der Waals surface area contributed by atoms with Gasteiger partial charge in [0.1, 0.15) is 18.9 Å². The highest BCUT2D eigenvalue weighted by Gasteiger charge is 2.32. The first-order chi connectivity index (χ1) is 20.4. The first-order valence-corrected chi connectivity index (χ1v) is 15.5. The number of Topliss-reactive ketones (excluding diaryl/α,β-unsaturated/α-hetero) is 1. The molecule has 5 N–H and O–H groups in total. The fourth-order valence-corrected chi connectivity index (χ4v) is 5.51. The van der Waals surface area contributed by atoms with E-state index in [9.17, 15) is 53.7 Å². The van der Waals surface area contributed by atoms with E-state index in [-0.39, 0.29) is 37.6 Å². The van der Waals surface area contributed by atoms with Crippen molar-refractivity contribution in [3.05, 3.63) is 35.4 Å². The quantitative estimate of drug-likeness (QED) is 0.0512. The SMILES string of the molecule is CCC(=O)OCCSSC[C@H](NC(=O)[C@H](CC(=O)O)CC(=O)[C@H](CC(=O)O)NC(=O)Cc1ccc(CC=O)cc1)C(=O)O. The Morgan fingerprint density at radius 2 is 1.49 bits per heavy atom. The van der Waals surface area contributed by atoms with Crippen molar-refractivity contribution in [3.63, 3.8) is 0 Å². The van der Waals surface area contributed by atoms with Gasteiger partial charge in [0.2, 0.25) is 11.8 Å². The van der Waals surface area contributed by atoms with Crippen LogP contribution in [0.2, 0.25) is 0 Å². The Bertz CT molecular complexity index is 1160. The molecule has 0 bridgehead atoms. The van der Waals surface area contributed by atoms with Crippen LogP contribution in [0.5, 0.6) is 0 Å². The normalized spacial score (nSPS) is 12.7. The molecule has 0 radical (unpaired) electrons. The summed E-state index contributed by atoms with van der Waals surface area (Å²) in [5, 5.41) is 32.6. The lowest BCUT2D eigenvalue weighted by atomic mass is 9.93. The largest absolute Gasteiger partial charge is 0.481 e. The maximum absolute atomic E-state index is 13.0. The van der Waals surface area contributed by atoms with Crippen molar-refractivity contribution >= 4 is 69.3 Å². The smallest absolute Gasteiger partial charge is 0.327 e. The van der Waals surface area contributed by atoms with E-state index < -0.39 is 72.8 Å². The molecule has 0 fully saturated rings. The molecule has 0 aliphatic carbocycles.